The number of para-hydroxylation sites is 2. The second kappa shape index (κ2) is 6.51. The van der Waals surface area contributed by atoms with Crippen molar-refractivity contribution in [1.82, 2.24) is 9.97 Å². The van der Waals surface area contributed by atoms with Crippen LogP contribution in [0.15, 0.2) is 54.7 Å². The van der Waals surface area contributed by atoms with Gasteiger partial charge in [-0.25, -0.2) is 4.98 Å². The summed E-state index contributed by atoms with van der Waals surface area (Å²) in [6.07, 6.45) is 1.86. The highest BCUT2D eigenvalue weighted by Gasteiger charge is 2.19. The molecule has 1 saturated heterocycles. The number of nitrogens with zero attached hydrogens (tertiary/aromatic N) is 4. The summed E-state index contributed by atoms with van der Waals surface area (Å²) in [6, 6.07) is 15.8. The largest absolute Gasteiger partial charge is 0.368 e. The second-order valence-electron chi connectivity index (χ2n) is 6.29. The summed E-state index contributed by atoms with van der Waals surface area (Å²) in [5.41, 5.74) is 3.78. The third-order valence-corrected chi connectivity index (χ3v) is 4.68. The molecule has 25 heavy (non-hydrogen) atoms. The molecular weight excluding hydrogens is 312 g/mol. The Labute approximate surface area is 146 Å². The normalized spacial score (nSPS) is 14.8. The predicted molar refractivity (Wildman–Crippen MR) is 100 cm³/mol. The number of hydrogen-bond donors (Lipinski definition) is 0. The number of ketones is 1. The average molecular weight is 332 g/mol. The molecule has 2 heterocycles. The molecule has 5 nitrogen and oxygen atoms in total. The average Bonchev–Trinajstić information content (AvgIpc) is 2.68. The molecule has 1 aromatic heterocycles. The monoisotopic (exact) mass is 332 g/mol. The van der Waals surface area contributed by atoms with Gasteiger partial charge in [0.05, 0.1) is 17.2 Å². The van der Waals surface area contributed by atoms with Gasteiger partial charge in [0.1, 0.15) is 5.82 Å². The van der Waals surface area contributed by atoms with Gasteiger partial charge < -0.3 is 9.80 Å². The lowest BCUT2D eigenvalue weighted by atomic mass is 10.1. The van der Waals surface area contributed by atoms with E-state index in [-0.39, 0.29) is 5.78 Å². The highest BCUT2D eigenvalue weighted by Crippen LogP contribution is 2.21. The summed E-state index contributed by atoms with van der Waals surface area (Å²) in [5.74, 6) is 1.04. The molecule has 2 aromatic carbocycles. The van der Waals surface area contributed by atoms with Crippen molar-refractivity contribution in [3.05, 3.63) is 60.3 Å². The van der Waals surface area contributed by atoms with Crippen molar-refractivity contribution in [2.75, 3.05) is 36.0 Å². The molecule has 1 aliphatic rings. The first-order valence-corrected chi connectivity index (χ1v) is 8.53. The number of Topliss-reactive ketones (excluding diaryl/α,β-unsaturated/α-hetero) is 1. The van der Waals surface area contributed by atoms with Gasteiger partial charge >= 0.3 is 0 Å². The van der Waals surface area contributed by atoms with Crippen molar-refractivity contribution >= 4 is 28.3 Å². The molecule has 126 valence electrons. The van der Waals surface area contributed by atoms with E-state index in [1.165, 1.54) is 0 Å². The molecule has 5 heteroatoms. The standard InChI is InChI=1S/C20H20N4O/c1-15(25)16-6-8-17(9-7-16)23-10-12-24(13-11-23)20-14-21-18-4-2-3-5-19(18)22-20/h2-9,14H,10-13H2,1H3. The molecule has 1 aliphatic heterocycles. The first-order valence-electron chi connectivity index (χ1n) is 8.53. The fraction of sp³-hybridized carbons (Fsp3) is 0.250. The van der Waals surface area contributed by atoms with E-state index in [2.05, 4.69) is 14.8 Å². The van der Waals surface area contributed by atoms with Crippen LogP contribution in [-0.2, 0) is 0 Å². The third-order valence-electron chi connectivity index (χ3n) is 4.68. The van der Waals surface area contributed by atoms with Gasteiger partial charge in [0, 0.05) is 37.4 Å². The lowest BCUT2D eigenvalue weighted by Crippen LogP contribution is -2.46. The topological polar surface area (TPSA) is 49.3 Å². The Morgan fingerprint density at radius 2 is 1.52 bits per heavy atom. The van der Waals surface area contributed by atoms with Crippen LogP contribution in [-0.4, -0.2) is 41.9 Å². The maximum atomic E-state index is 11.4. The van der Waals surface area contributed by atoms with E-state index in [4.69, 9.17) is 4.98 Å². The first kappa shape index (κ1) is 15.6. The molecule has 0 N–H and O–H groups in total. The van der Waals surface area contributed by atoms with Crippen LogP contribution < -0.4 is 9.80 Å². The van der Waals surface area contributed by atoms with Crippen LogP contribution in [0.25, 0.3) is 11.0 Å². The number of benzene rings is 2. The molecule has 0 aliphatic carbocycles. The Balaban J connectivity index is 1.46. The van der Waals surface area contributed by atoms with E-state index < -0.39 is 0 Å². The van der Waals surface area contributed by atoms with Gasteiger partial charge in [-0.3, -0.25) is 9.78 Å². The van der Waals surface area contributed by atoms with Crippen LogP contribution in [0.3, 0.4) is 0 Å². The second-order valence-corrected chi connectivity index (χ2v) is 6.29. The molecule has 0 amide bonds. The minimum absolute atomic E-state index is 0.103. The van der Waals surface area contributed by atoms with E-state index in [9.17, 15) is 4.79 Å². The molecule has 0 unspecified atom stereocenters. The van der Waals surface area contributed by atoms with Crippen LogP contribution in [0.2, 0.25) is 0 Å². The van der Waals surface area contributed by atoms with Crippen molar-refractivity contribution in [2.45, 2.75) is 6.92 Å². The highest BCUT2D eigenvalue weighted by molar-refractivity contribution is 5.94. The lowest BCUT2D eigenvalue weighted by molar-refractivity contribution is 0.101. The van der Waals surface area contributed by atoms with Crippen LogP contribution in [0.4, 0.5) is 11.5 Å². The number of carbonyl (C=O) groups excluding carboxylic acids is 1. The Morgan fingerprint density at radius 1 is 0.880 bits per heavy atom. The smallest absolute Gasteiger partial charge is 0.159 e. The highest BCUT2D eigenvalue weighted by atomic mass is 16.1. The Bertz CT molecular complexity index is 899. The molecule has 1 fully saturated rings. The first-order chi connectivity index (χ1) is 12.2. The van der Waals surface area contributed by atoms with Crippen LogP contribution in [0, 0.1) is 0 Å². The Kier molecular flexibility index (Phi) is 4.06. The zero-order chi connectivity index (χ0) is 17.2. The van der Waals surface area contributed by atoms with Crippen molar-refractivity contribution in [2.24, 2.45) is 0 Å². The van der Waals surface area contributed by atoms with Crippen molar-refractivity contribution in [3.63, 3.8) is 0 Å². The molecule has 3 aromatic rings. The van der Waals surface area contributed by atoms with Gasteiger partial charge in [-0.2, -0.15) is 0 Å². The van der Waals surface area contributed by atoms with Crippen LogP contribution >= 0.6 is 0 Å². The zero-order valence-electron chi connectivity index (χ0n) is 14.2. The van der Waals surface area contributed by atoms with Gasteiger partial charge in [-0.15, -0.1) is 0 Å². The molecule has 4 rings (SSSR count). The number of anilines is 2. The molecule has 0 spiro atoms. The summed E-state index contributed by atoms with van der Waals surface area (Å²) in [7, 11) is 0. The van der Waals surface area contributed by atoms with Gasteiger partial charge in [0.25, 0.3) is 0 Å². The molecule has 0 saturated carbocycles. The summed E-state index contributed by atoms with van der Waals surface area (Å²) < 4.78 is 0. The van der Waals surface area contributed by atoms with Gasteiger partial charge in [-0.05, 0) is 43.3 Å². The SMILES string of the molecule is CC(=O)c1ccc(N2CCN(c3cnc4ccccc4n3)CC2)cc1. The number of fused-ring (bicyclic) bond motifs is 1. The molecule has 0 radical (unpaired) electrons. The van der Waals surface area contributed by atoms with Crippen LogP contribution in [0.5, 0.6) is 0 Å². The van der Waals surface area contributed by atoms with Gasteiger partial charge in [0.2, 0.25) is 0 Å². The number of piperazine rings is 1. The third kappa shape index (κ3) is 3.18. The minimum Gasteiger partial charge on any atom is -0.368 e. The molecular formula is C20H20N4O. The van der Waals surface area contributed by atoms with Crippen LogP contribution in [0.1, 0.15) is 17.3 Å². The summed E-state index contributed by atoms with van der Waals surface area (Å²) in [6.45, 7) is 5.25. The summed E-state index contributed by atoms with van der Waals surface area (Å²) in [5, 5.41) is 0. The van der Waals surface area contributed by atoms with E-state index in [1.54, 1.807) is 6.92 Å². The Morgan fingerprint density at radius 3 is 2.20 bits per heavy atom. The maximum Gasteiger partial charge on any atom is 0.159 e. The maximum absolute atomic E-state index is 11.4. The van der Waals surface area contributed by atoms with E-state index in [1.807, 2.05) is 54.7 Å². The molecule has 0 atom stereocenters. The lowest BCUT2D eigenvalue weighted by Gasteiger charge is -2.36. The number of rotatable bonds is 3. The van der Waals surface area contributed by atoms with Crippen molar-refractivity contribution in [3.8, 4) is 0 Å². The van der Waals surface area contributed by atoms with Gasteiger partial charge in [0.15, 0.2) is 5.78 Å². The number of carbonyl (C=O) groups is 1. The van der Waals surface area contributed by atoms with Crippen molar-refractivity contribution in [1.29, 1.82) is 0 Å². The fourth-order valence-corrected chi connectivity index (χ4v) is 3.20. The predicted octanol–water partition coefficient (Wildman–Crippen LogP) is 3.16. The number of hydrogen-bond acceptors (Lipinski definition) is 5. The Hall–Kier alpha value is -2.95. The minimum atomic E-state index is 0.103. The summed E-state index contributed by atoms with van der Waals surface area (Å²) >= 11 is 0. The molecule has 0 bridgehead atoms. The summed E-state index contributed by atoms with van der Waals surface area (Å²) in [4.78, 5) is 25.3. The van der Waals surface area contributed by atoms with E-state index in [0.717, 1.165) is 54.3 Å². The zero-order valence-corrected chi connectivity index (χ0v) is 14.2. The van der Waals surface area contributed by atoms with E-state index in [0.29, 0.717) is 0 Å². The van der Waals surface area contributed by atoms with Crippen molar-refractivity contribution < 1.29 is 4.79 Å². The van der Waals surface area contributed by atoms with E-state index >= 15 is 0 Å². The fourth-order valence-electron chi connectivity index (χ4n) is 3.20. The number of aromatic nitrogens is 2. The quantitative estimate of drug-likeness (QED) is 0.690. The van der Waals surface area contributed by atoms with Gasteiger partial charge in [-0.1, -0.05) is 12.1 Å².